The van der Waals surface area contributed by atoms with Crippen molar-refractivity contribution >= 4 is 34.8 Å². The van der Waals surface area contributed by atoms with E-state index in [0.29, 0.717) is 41.7 Å². The molecule has 11 heteroatoms. The lowest BCUT2D eigenvalue weighted by atomic mass is 10.1. The molecule has 174 valence electrons. The normalized spacial score (nSPS) is 15.6. The molecule has 0 bridgehead atoms. The molecule has 8 nitrogen and oxygen atoms in total. The molecule has 1 fully saturated rings. The molecule has 1 saturated heterocycles. The lowest BCUT2D eigenvalue weighted by Gasteiger charge is -2.35. The average molecular weight is 468 g/mol. The van der Waals surface area contributed by atoms with Crippen LogP contribution in [-0.4, -0.2) is 53.1 Å². The Labute approximate surface area is 192 Å². The maximum atomic E-state index is 13.3. The molecule has 0 spiro atoms. The number of alkyl halides is 3. The van der Waals surface area contributed by atoms with Crippen LogP contribution < -0.4 is 15.5 Å². The predicted molar refractivity (Wildman–Crippen MR) is 119 cm³/mol. The largest absolute Gasteiger partial charge is 0.417 e. The first kappa shape index (κ1) is 21.7. The number of nitrogens with one attached hydrogen (secondary N) is 2. The molecular weight excluding hydrogens is 449 g/mol. The molecule has 3 aromatic rings. The highest BCUT2D eigenvalue weighted by molar-refractivity contribution is 6.11. The summed E-state index contributed by atoms with van der Waals surface area (Å²) in [6, 6.07) is 13.6. The number of fused-ring (bicyclic) bond motifs is 2. The molecule has 0 radical (unpaired) electrons. The second-order valence-electron chi connectivity index (χ2n) is 7.91. The molecule has 0 aliphatic carbocycles. The van der Waals surface area contributed by atoms with Gasteiger partial charge in [0.1, 0.15) is 0 Å². The fourth-order valence-corrected chi connectivity index (χ4v) is 4.05. The molecule has 1 aromatic heterocycles. The number of carbonyl (C=O) groups is 2. The number of carbonyl (C=O) groups excluding carboxylic acids is 2. The zero-order chi connectivity index (χ0) is 23.9. The molecule has 2 aliphatic heterocycles. The number of amides is 2. The zero-order valence-corrected chi connectivity index (χ0v) is 17.8. The summed E-state index contributed by atoms with van der Waals surface area (Å²) >= 11 is 0. The maximum absolute atomic E-state index is 13.3. The van der Waals surface area contributed by atoms with E-state index in [9.17, 15) is 22.8 Å². The predicted octanol–water partition coefficient (Wildman–Crippen LogP) is 3.77. The van der Waals surface area contributed by atoms with Gasteiger partial charge in [-0.15, -0.1) is 10.2 Å². The van der Waals surface area contributed by atoms with E-state index in [1.165, 1.54) is 23.1 Å². The second-order valence-corrected chi connectivity index (χ2v) is 7.91. The lowest BCUT2D eigenvalue weighted by molar-refractivity contribution is -0.138. The van der Waals surface area contributed by atoms with Gasteiger partial charge in [0.05, 0.1) is 28.1 Å². The van der Waals surface area contributed by atoms with Crippen LogP contribution in [0.2, 0.25) is 0 Å². The number of anilines is 4. The molecule has 3 heterocycles. The molecular formula is C23H19F3N6O2. The first-order valence-electron chi connectivity index (χ1n) is 10.6. The Morgan fingerprint density at radius 2 is 1.53 bits per heavy atom. The minimum absolute atomic E-state index is 0.208. The highest BCUT2D eigenvalue weighted by Gasteiger charge is 2.36. The maximum Gasteiger partial charge on any atom is 0.417 e. The number of halogens is 3. The third kappa shape index (κ3) is 4.00. The van der Waals surface area contributed by atoms with Gasteiger partial charge in [-0.2, -0.15) is 13.2 Å². The summed E-state index contributed by atoms with van der Waals surface area (Å²) in [6.07, 6.45) is -4.61. The van der Waals surface area contributed by atoms with E-state index < -0.39 is 17.6 Å². The Balaban J connectivity index is 1.31. The van der Waals surface area contributed by atoms with Crippen molar-refractivity contribution in [2.75, 3.05) is 41.7 Å². The summed E-state index contributed by atoms with van der Waals surface area (Å²) in [6.45, 7) is 1.09. The van der Waals surface area contributed by atoms with E-state index in [-0.39, 0.29) is 24.6 Å². The van der Waals surface area contributed by atoms with Crippen LogP contribution in [0.25, 0.3) is 0 Å². The summed E-state index contributed by atoms with van der Waals surface area (Å²) in [5, 5.41) is 14.3. The van der Waals surface area contributed by atoms with Crippen molar-refractivity contribution in [1.82, 2.24) is 15.1 Å². The average Bonchev–Trinajstić information content (AvgIpc) is 2.98. The van der Waals surface area contributed by atoms with Crippen molar-refractivity contribution in [2.45, 2.75) is 6.18 Å². The number of aromatic nitrogens is 2. The molecule has 2 N–H and O–H groups in total. The minimum atomic E-state index is -4.61. The van der Waals surface area contributed by atoms with Gasteiger partial charge in [-0.05, 0) is 30.3 Å². The van der Waals surface area contributed by atoms with Crippen molar-refractivity contribution in [3.63, 3.8) is 0 Å². The molecule has 34 heavy (non-hydrogen) atoms. The van der Waals surface area contributed by atoms with Crippen molar-refractivity contribution < 1.29 is 22.8 Å². The van der Waals surface area contributed by atoms with E-state index in [1.807, 2.05) is 23.1 Å². The highest BCUT2D eigenvalue weighted by atomic mass is 19.4. The van der Waals surface area contributed by atoms with Gasteiger partial charge in [0.2, 0.25) is 0 Å². The van der Waals surface area contributed by atoms with Gasteiger partial charge in [0.15, 0.2) is 11.6 Å². The summed E-state index contributed by atoms with van der Waals surface area (Å²) in [5.41, 5.74) is 0.328. The SMILES string of the molecule is O=C1Nc2ccccc2Nc2nnc(N3CCN(C(=O)c4ccccc4C(F)(F)F)CC3)cc21. The number of nitrogens with zero attached hydrogens (tertiary/aromatic N) is 4. The van der Waals surface area contributed by atoms with E-state index in [4.69, 9.17) is 0 Å². The third-order valence-electron chi connectivity index (χ3n) is 5.81. The van der Waals surface area contributed by atoms with Crippen LogP contribution in [0, 0.1) is 0 Å². The van der Waals surface area contributed by atoms with Crippen LogP contribution in [-0.2, 0) is 6.18 Å². The Hall–Kier alpha value is -4.15. The Kier molecular flexibility index (Phi) is 5.31. The van der Waals surface area contributed by atoms with Gasteiger partial charge in [0.25, 0.3) is 11.8 Å². The van der Waals surface area contributed by atoms with Gasteiger partial charge in [-0.3, -0.25) is 9.59 Å². The fourth-order valence-electron chi connectivity index (χ4n) is 4.05. The van der Waals surface area contributed by atoms with E-state index >= 15 is 0 Å². The standard InChI is InChI=1S/C23H19F3N6O2/c24-23(25,26)16-6-2-1-5-14(16)22(34)32-11-9-31(10-12-32)19-13-15-20(30-29-19)27-17-7-3-4-8-18(17)28-21(15)33/h1-8,13H,9-12H2,(H,27,30)(H,28,33). The first-order valence-corrected chi connectivity index (χ1v) is 10.6. The lowest BCUT2D eigenvalue weighted by Crippen LogP contribution is -2.49. The smallest absolute Gasteiger partial charge is 0.352 e. The van der Waals surface area contributed by atoms with Crippen LogP contribution >= 0.6 is 0 Å². The summed E-state index contributed by atoms with van der Waals surface area (Å²) in [4.78, 5) is 28.8. The topological polar surface area (TPSA) is 90.5 Å². The van der Waals surface area contributed by atoms with Crippen LogP contribution in [0.1, 0.15) is 26.3 Å². The summed E-state index contributed by atoms with van der Waals surface area (Å²) in [5.74, 6) is -0.226. The number of para-hydroxylation sites is 2. The molecule has 0 unspecified atom stereocenters. The fraction of sp³-hybridized carbons (Fsp3) is 0.217. The van der Waals surface area contributed by atoms with Crippen molar-refractivity contribution in [3.05, 3.63) is 71.3 Å². The molecule has 5 rings (SSSR count). The van der Waals surface area contributed by atoms with Crippen LogP contribution in [0.5, 0.6) is 0 Å². The van der Waals surface area contributed by atoms with Gasteiger partial charge in [0, 0.05) is 26.2 Å². The first-order chi connectivity index (χ1) is 16.3. The summed E-state index contributed by atoms with van der Waals surface area (Å²) < 4.78 is 39.9. The van der Waals surface area contributed by atoms with Gasteiger partial charge in [-0.25, -0.2) is 0 Å². The molecule has 2 aromatic carbocycles. The zero-order valence-electron chi connectivity index (χ0n) is 17.8. The molecule has 0 saturated carbocycles. The van der Waals surface area contributed by atoms with Crippen LogP contribution in [0.15, 0.2) is 54.6 Å². The summed E-state index contributed by atoms with van der Waals surface area (Å²) in [7, 11) is 0. The Bertz CT molecular complexity index is 1270. The second kappa shape index (κ2) is 8.32. The van der Waals surface area contributed by atoms with Crippen molar-refractivity contribution in [1.29, 1.82) is 0 Å². The molecule has 0 atom stereocenters. The Morgan fingerprint density at radius 3 is 2.24 bits per heavy atom. The molecule has 2 amide bonds. The number of hydrogen-bond acceptors (Lipinski definition) is 6. The number of rotatable bonds is 2. The van der Waals surface area contributed by atoms with Crippen LogP contribution in [0.4, 0.5) is 36.2 Å². The van der Waals surface area contributed by atoms with Crippen molar-refractivity contribution in [2.24, 2.45) is 0 Å². The number of hydrogen-bond donors (Lipinski definition) is 2. The van der Waals surface area contributed by atoms with Crippen LogP contribution in [0.3, 0.4) is 0 Å². The highest BCUT2D eigenvalue weighted by Crippen LogP contribution is 2.33. The van der Waals surface area contributed by atoms with Gasteiger partial charge < -0.3 is 20.4 Å². The number of piperazine rings is 1. The third-order valence-corrected chi connectivity index (χ3v) is 5.81. The van der Waals surface area contributed by atoms with Gasteiger partial charge in [-0.1, -0.05) is 24.3 Å². The Morgan fingerprint density at radius 1 is 0.882 bits per heavy atom. The quantitative estimate of drug-likeness (QED) is 0.595. The number of benzene rings is 2. The van der Waals surface area contributed by atoms with E-state index in [0.717, 1.165) is 6.07 Å². The van der Waals surface area contributed by atoms with E-state index in [2.05, 4.69) is 20.8 Å². The monoisotopic (exact) mass is 468 g/mol. The molecule has 2 aliphatic rings. The van der Waals surface area contributed by atoms with E-state index in [1.54, 1.807) is 12.1 Å². The van der Waals surface area contributed by atoms with Crippen molar-refractivity contribution in [3.8, 4) is 0 Å². The van der Waals surface area contributed by atoms with Gasteiger partial charge >= 0.3 is 6.18 Å². The minimum Gasteiger partial charge on any atom is -0.352 e.